The highest BCUT2D eigenvalue weighted by Gasteiger charge is 2.15. The number of unbranched alkanes of at least 4 members (excludes halogenated alkanes) is 1. The van der Waals surface area contributed by atoms with Crippen molar-refractivity contribution >= 4 is 22.3 Å². The molecule has 2 rings (SSSR count). The Morgan fingerprint density at radius 2 is 2.05 bits per heavy atom. The number of fused-ring (bicyclic) bond motifs is 1. The van der Waals surface area contributed by atoms with Crippen molar-refractivity contribution in [2.75, 3.05) is 17.2 Å². The largest absolute Gasteiger partial charge is 0.397 e. The lowest BCUT2D eigenvalue weighted by Gasteiger charge is -2.31. The zero-order valence-corrected chi connectivity index (χ0v) is 12.8. The van der Waals surface area contributed by atoms with Crippen LogP contribution in [0.25, 0.3) is 10.9 Å². The average Bonchev–Trinajstić information content (AvgIpc) is 2.48. The molecule has 1 aromatic carbocycles. The van der Waals surface area contributed by atoms with Crippen LogP contribution in [0.15, 0.2) is 30.5 Å². The highest BCUT2D eigenvalue weighted by molar-refractivity contribution is 5.98. The summed E-state index contributed by atoms with van der Waals surface area (Å²) in [6.45, 7) is 7.84. The number of nitrogens with two attached hydrogens (primary N) is 1. The van der Waals surface area contributed by atoms with Crippen molar-refractivity contribution in [1.82, 2.24) is 4.98 Å². The van der Waals surface area contributed by atoms with Gasteiger partial charge in [0.2, 0.25) is 0 Å². The third kappa shape index (κ3) is 2.87. The van der Waals surface area contributed by atoms with Crippen LogP contribution in [0.4, 0.5) is 11.4 Å². The van der Waals surface area contributed by atoms with Crippen LogP contribution in [0.1, 0.15) is 40.0 Å². The summed E-state index contributed by atoms with van der Waals surface area (Å²) >= 11 is 0. The SMILES string of the molecule is CCCCN(c1ccnc2c(N)cccc12)C(C)CC. The van der Waals surface area contributed by atoms with E-state index in [0.29, 0.717) is 6.04 Å². The maximum atomic E-state index is 6.05. The monoisotopic (exact) mass is 271 g/mol. The summed E-state index contributed by atoms with van der Waals surface area (Å²) in [5.74, 6) is 0. The first kappa shape index (κ1) is 14.6. The van der Waals surface area contributed by atoms with Crippen LogP contribution in [0.2, 0.25) is 0 Å². The van der Waals surface area contributed by atoms with Crippen LogP contribution in [0.3, 0.4) is 0 Å². The fraction of sp³-hybridized carbons (Fsp3) is 0.471. The molecule has 0 fully saturated rings. The predicted molar refractivity (Wildman–Crippen MR) is 88.2 cm³/mol. The summed E-state index contributed by atoms with van der Waals surface area (Å²) < 4.78 is 0. The molecule has 0 aliphatic heterocycles. The van der Waals surface area contributed by atoms with Gasteiger partial charge in [-0.1, -0.05) is 32.4 Å². The normalized spacial score (nSPS) is 12.6. The summed E-state index contributed by atoms with van der Waals surface area (Å²) in [5.41, 5.74) is 8.97. The first-order valence-electron chi connectivity index (χ1n) is 7.58. The Kier molecular flexibility index (Phi) is 4.83. The van der Waals surface area contributed by atoms with E-state index in [1.165, 1.54) is 18.5 Å². The quantitative estimate of drug-likeness (QED) is 0.800. The summed E-state index contributed by atoms with van der Waals surface area (Å²) in [6, 6.07) is 8.68. The molecule has 20 heavy (non-hydrogen) atoms. The Morgan fingerprint density at radius 1 is 1.25 bits per heavy atom. The fourth-order valence-electron chi connectivity index (χ4n) is 2.56. The van der Waals surface area contributed by atoms with Crippen molar-refractivity contribution in [2.24, 2.45) is 0 Å². The van der Waals surface area contributed by atoms with Gasteiger partial charge in [0.15, 0.2) is 0 Å². The van der Waals surface area contributed by atoms with Crippen LogP contribution >= 0.6 is 0 Å². The van der Waals surface area contributed by atoms with Crippen LogP contribution < -0.4 is 10.6 Å². The number of pyridine rings is 1. The zero-order chi connectivity index (χ0) is 14.5. The summed E-state index contributed by atoms with van der Waals surface area (Å²) in [4.78, 5) is 6.93. The molecular weight excluding hydrogens is 246 g/mol. The van der Waals surface area contributed by atoms with Crippen molar-refractivity contribution in [3.8, 4) is 0 Å². The Balaban J connectivity index is 2.49. The van der Waals surface area contributed by atoms with Crippen molar-refractivity contribution < 1.29 is 0 Å². The standard InChI is InChI=1S/C17H25N3/c1-4-6-12-20(13(3)5-2)16-10-11-19-17-14(16)8-7-9-15(17)18/h7-11,13H,4-6,12,18H2,1-3H3. The Morgan fingerprint density at radius 3 is 2.75 bits per heavy atom. The molecule has 1 aromatic heterocycles. The predicted octanol–water partition coefficient (Wildman–Crippen LogP) is 4.22. The van der Waals surface area contributed by atoms with Gasteiger partial charge in [-0.15, -0.1) is 0 Å². The number of hydrogen-bond acceptors (Lipinski definition) is 3. The topological polar surface area (TPSA) is 42.2 Å². The van der Waals surface area contributed by atoms with Gasteiger partial charge >= 0.3 is 0 Å². The molecule has 108 valence electrons. The van der Waals surface area contributed by atoms with Crippen LogP contribution in [0, 0.1) is 0 Å². The number of nitrogens with zero attached hydrogens (tertiary/aromatic N) is 2. The lowest BCUT2D eigenvalue weighted by atomic mass is 10.1. The number of anilines is 2. The third-order valence-corrected chi connectivity index (χ3v) is 3.96. The molecule has 0 saturated carbocycles. The Bertz CT molecular complexity index is 565. The molecule has 3 nitrogen and oxygen atoms in total. The molecule has 0 aliphatic rings. The van der Waals surface area contributed by atoms with Crippen LogP contribution in [-0.4, -0.2) is 17.6 Å². The van der Waals surface area contributed by atoms with Gasteiger partial charge < -0.3 is 10.6 Å². The maximum absolute atomic E-state index is 6.05. The van der Waals surface area contributed by atoms with Gasteiger partial charge in [-0.3, -0.25) is 4.98 Å². The Labute approximate surface area is 121 Å². The number of para-hydroxylation sites is 1. The molecule has 0 aliphatic carbocycles. The first-order valence-corrected chi connectivity index (χ1v) is 7.58. The lowest BCUT2D eigenvalue weighted by Crippen LogP contribution is -2.33. The van der Waals surface area contributed by atoms with E-state index < -0.39 is 0 Å². The molecule has 1 unspecified atom stereocenters. The second-order valence-corrected chi connectivity index (χ2v) is 5.38. The molecule has 0 amide bonds. The number of aromatic nitrogens is 1. The van der Waals surface area contributed by atoms with Gasteiger partial charge in [0, 0.05) is 29.9 Å². The van der Waals surface area contributed by atoms with E-state index in [9.17, 15) is 0 Å². The van der Waals surface area contributed by atoms with E-state index in [0.717, 1.165) is 29.6 Å². The van der Waals surface area contributed by atoms with Gasteiger partial charge in [-0.25, -0.2) is 0 Å². The highest BCUT2D eigenvalue weighted by atomic mass is 15.2. The molecule has 3 heteroatoms. The summed E-state index contributed by atoms with van der Waals surface area (Å²) in [5, 5.41) is 1.16. The van der Waals surface area contributed by atoms with Crippen molar-refractivity contribution in [3.63, 3.8) is 0 Å². The van der Waals surface area contributed by atoms with E-state index in [4.69, 9.17) is 5.73 Å². The van der Waals surface area contributed by atoms with E-state index in [1.54, 1.807) is 0 Å². The van der Waals surface area contributed by atoms with Crippen molar-refractivity contribution in [3.05, 3.63) is 30.5 Å². The zero-order valence-electron chi connectivity index (χ0n) is 12.8. The number of nitrogen functional groups attached to an aromatic ring is 1. The minimum Gasteiger partial charge on any atom is -0.397 e. The molecule has 0 saturated heterocycles. The van der Waals surface area contributed by atoms with Gasteiger partial charge in [0.05, 0.1) is 11.2 Å². The van der Waals surface area contributed by atoms with E-state index in [2.05, 4.69) is 42.8 Å². The average molecular weight is 271 g/mol. The number of rotatable bonds is 6. The van der Waals surface area contributed by atoms with E-state index in [1.807, 2.05) is 18.3 Å². The lowest BCUT2D eigenvalue weighted by molar-refractivity contribution is 0.597. The number of hydrogen-bond donors (Lipinski definition) is 1. The van der Waals surface area contributed by atoms with Gasteiger partial charge in [0.25, 0.3) is 0 Å². The van der Waals surface area contributed by atoms with Crippen LogP contribution in [0.5, 0.6) is 0 Å². The molecule has 2 aromatic rings. The van der Waals surface area contributed by atoms with Crippen LogP contribution in [-0.2, 0) is 0 Å². The minimum absolute atomic E-state index is 0.522. The number of benzene rings is 1. The molecule has 0 spiro atoms. The molecule has 0 bridgehead atoms. The minimum atomic E-state index is 0.522. The summed E-state index contributed by atoms with van der Waals surface area (Å²) in [6.07, 6.45) is 5.42. The molecule has 0 radical (unpaired) electrons. The first-order chi connectivity index (χ1) is 9.69. The maximum Gasteiger partial charge on any atom is 0.0951 e. The van der Waals surface area contributed by atoms with Gasteiger partial charge in [0.1, 0.15) is 0 Å². The second-order valence-electron chi connectivity index (χ2n) is 5.38. The fourth-order valence-corrected chi connectivity index (χ4v) is 2.56. The Hall–Kier alpha value is -1.77. The highest BCUT2D eigenvalue weighted by Crippen LogP contribution is 2.30. The van der Waals surface area contributed by atoms with Crippen molar-refractivity contribution in [2.45, 2.75) is 46.1 Å². The molecule has 2 N–H and O–H groups in total. The molecule has 1 atom stereocenters. The third-order valence-electron chi connectivity index (χ3n) is 3.96. The van der Waals surface area contributed by atoms with Gasteiger partial charge in [-0.2, -0.15) is 0 Å². The molecule has 1 heterocycles. The van der Waals surface area contributed by atoms with Crippen molar-refractivity contribution in [1.29, 1.82) is 0 Å². The molecular formula is C17H25N3. The summed E-state index contributed by atoms with van der Waals surface area (Å²) in [7, 11) is 0. The van der Waals surface area contributed by atoms with Gasteiger partial charge in [-0.05, 0) is 31.9 Å². The van der Waals surface area contributed by atoms with E-state index >= 15 is 0 Å². The van der Waals surface area contributed by atoms with E-state index in [-0.39, 0.29) is 0 Å². The smallest absolute Gasteiger partial charge is 0.0951 e. The second kappa shape index (κ2) is 6.60.